The zero-order valence-electron chi connectivity index (χ0n) is 15.2. The lowest BCUT2D eigenvalue weighted by Gasteiger charge is -2.36. The highest BCUT2D eigenvalue weighted by Crippen LogP contribution is 2.38. The number of aromatic nitrogens is 1. The number of nitrogens with one attached hydrogen (secondary N) is 1. The summed E-state index contributed by atoms with van der Waals surface area (Å²) >= 11 is 0. The molecule has 2 aliphatic rings. The van der Waals surface area contributed by atoms with Gasteiger partial charge in [0.1, 0.15) is 0 Å². The molecule has 6 nitrogen and oxygen atoms in total. The molecule has 3 heterocycles. The van der Waals surface area contributed by atoms with Gasteiger partial charge in [-0.1, -0.05) is 6.07 Å². The highest BCUT2D eigenvalue weighted by molar-refractivity contribution is 6.00. The monoisotopic (exact) mass is 354 g/mol. The van der Waals surface area contributed by atoms with Crippen molar-refractivity contribution >= 4 is 22.4 Å². The minimum atomic E-state index is 0.0436. The number of anilines is 1. The van der Waals surface area contributed by atoms with E-state index in [0.717, 1.165) is 62.8 Å². The van der Waals surface area contributed by atoms with Crippen LogP contribution in [0.3, 0.4) is 0 Å². The lowest BCUT2D eigenvalue weighted by atomic mass is 9.97. The minimum Gasteiger partial charge on any atom is -0.493 e. The summed E-state index contributed by atoms with van der Waals surface area (Å²) in [5, 5.41) is 15.0. The van der Waals surface area contributed by atoms with Crippen LogP contribution < -0.4 is 10.2 Å². The van der Waals surface area contributed by atoms with Crippen LogP contribution in [0.1, 0.15) is 25.3 Å². The van der Waals surface area contributed by atoms with E-state index < -0.39 is 0 Å². The molecule has 1 aromatic heterocycles. The fourth-order valence-corrected chi connectivity index (χ4v) is 4.34. The molecular formula is C20H26N4O2. The van der Waals surface area contributed by atoms with Crippen molar-refractivity contribution in [2.45, 2.75) is 32.2 Å². The van der Waals surface area contributed by atoms with Crippen LogP contribution >= 0.6 is 0 Å². The molecule has 1 amide bonds. The Morgan fingerprint density at radius 3 is 3.12 bits per heavy atom. The van der Waals surface area contributed by atoms with Crippen molar-refractivity contribution in [2.24, 2.45) is 0 Å². The van der Waals surface area contributed by atoms with E-state index in [2.05, 4.69) is 26.2 Å². The van der Waals surface area contributed by atoms with Crippen LogP contribution in [-0.2, 0) is 11.2 Å². The Balaban J connectivity index is 1.47. The van der Waals surface area contributed by atoms with E-state index in [1.165, 1.54) is 11.3 Å². The molecule has 6 heteroatoms. The summed E-state index contributed by atoms with van der Waals surface area (Å²) in [6.45, 7) is 6.50. The largest absolute Gasteiger partial charge is 0.493 e. The summed E-state index contributed by atoms with van der Waals surface area (Å²) in [6, 6.07) is 6.65. The van der Waals surface area contributed by atoms with E-state index in [1.807, 2.05) is 18.3 Å². The van der Waals surface area contributed by atoms with Gasteiger partial charge in [-0.05, 0) is 43.5 Å². The Morgan fingerprint density at radius 2 is 2.27 bits per heavy atom. The summed E-state index contributed by atoms with van der Waals surface area (Å²) in [7, 11) is 0. The molecule has 26 heavy (non-hydrogen) atoms. The highest BCUT2D eigenvalue weighted by Gasteiger charge is 2.31. The van der Waals surface area contributed by atoms with Crippen LogP contribution in [0.5, 0.6) is 5.88 Å². The second-order valence-corrected chi connectivity index (χ2v) is 7.33. The first-order valence-electron chi connectivity index (χ1n) is 9.46. The number of rotatable bonds is 5. The normalized spacial score (nSPS) is 19.9. The molecule has 138 valence electrons. The maximum absolute atomic E-state index is 11.0. The van der Waals surface area contributed by atoms with Gasteiger partial charge in [0, 0.05) is 61.8 Å². The first-order chi connectivity index (χ1) is 12.6. The average molecular weight is 354 g/mol. The molecule has 2 N–H and O–H groups in total. The second-order valence-electron chi connectivity index (χ2n) is 7.33. The number of hydrogen-bond donors (Lipinski definition) is 2. The summed E-state index contributed by atoms with van der Waals surface area (Å²) in [6.07, 6.45) is 4.94. The van der Waals surface area contributed by atoms with Crippen LogP contribution in [0.4, 0.5) is 5.69 Å². The van der Waals surface area contributed by atoms with Gasteiger partial charge in [0.25, 0.3) is 0 Å². The van der Waals surface area contributed by atoms with Crippen molar-refractivity contribution in [1.82, 2.24) is 15.2 Å². The van der Waals surface area contributed by atoms with Crippen molar-refractivity contribution in [3.63, 3.8) is 0 Å². The predicted octanol–water partition coefficient (Wildman–Crippen LogP) is 1.90. The Morgan fingerprint density at radius 1 is 1.38 bits per heavy atom. The lowest BCUT2D eigenvalue weighted by Crippen LogP contribution is -2.41. The molecule has 0 radical (unpaired) electrons. The van der Waals surface area contributed by atoms with E-state index in [9.17, 15) is 9.90 Å². The number of nitrogens with zero attached hydrogens (tertiary/aromatic N) is 3. The van der Waals surface area contributed by atoms with Gasteiger partial charge >= 0.3 is 0 Å². The molecule has 2 aliphatic heterocycles. The molecule has 1 aromatic carbocycles. The fourth-order valence-electron chi connectivity index (χ4n) is 4.34. The zero-order chi connectivity index (χ0) is 18.1. The smallest absolute Gasteiger partial charge is 0.218 e. The Hall–Kier alpha value is -2.34. The molecule has 0 spiro atoms. The third-order valence-corrected chi connectivity index (χ3v) is 5.59. The van der Waals surface area contributed by atoms with E-state index in [4.69, 9.17) is 0 Å². The predicted molar refractivity (Wildman–Crippen MR) is 103 cm³/mol. The summed E-state index contributed by atoms with van der Waals surface area (Å²) in [5.74, 6) is 0.167. The van der Waals surface area contributed by atoms with E-state index in [-0.39, 0.29) is 11.8 Å². The van der Waals surface area contributed by atoms with Crippen LogP contribution in [0.15, 0.2) is 24.4 Å². The van der Waals surface area contributed by atoms with E-state index >= 15 is 0 Å². The number of likely N-dealkylation sites (tertiary alicyclic amines) is 1. The van der Waals surface area contributed by atoms with Crippen LogP contribution in [0, 0.1) is 0 Å². The number of aromatic hydroxyl groups is 1. The molecule has 0 bridgehead atoms. The van der Waals surface area contributed by atoms with Gasteiger partial charge in [0.2, 0.25) is 11.8 Å². The van der Waals surface area contributed by atoms with Gasteiger partial charge in [0.05, 0.1) is 0 Å². The number of pyridine rings is 1. The third-order valence-electron chi connectivity index (χ3n) is 5.59. The fraction of sp³-hybridized carbons (Fsp3) is 0.500. The lowest BCUT2D eigenvalue weighted by molar-refractivity contribution is -0.118. The van der Waals surface area contributed by atoms with E-state index in [0.29, 0.717) is 6.04 Å². The summed E-state index contributed by atoms with van der Waals surface area (Å²) in [5.41, 5.74) is 2.46. The number of carbonyl (C=O) groups excluding carboxylic acids is 1. The van der Waals surface area contributed by atoms with Gasteiger partial charge in [-0.25, -0.2) is 4.98 Å². The molecular weight excluding hydrogens is 328 g/mol. The molecule has 1 saturated heterocycles. The van der Waals surface area contributed by atoms with Crippen LogP contribution in [0.25, 0.3) is 10.8 Å². The Kier molecular flexibility index (Phi) is 4.68. The van der Waals surface area contributed by atoms with Crippen molar-refractivity contribution in [3.05, 3.63) is 30.0 Å². The number of carbonyl (C=O) groups is 1. The quantitative estimate of drug-likeness (QED) is 0.803. The first kappa shape index (κ1) is 17.1. The zero-order valence-corrected chi connectivity index (χ0v) is 15.2. The van der Waals surface area contributed by atoms with Crippen molar-refractivity contribution in [2.75, 3.05) is 37.6 Å². The molecule has 4 rings (SSSR count). The molecule has 1 fully saturated rings. The molecule has 1 atom stereocenters. The maximum atomic E-state index is 11.0. The summed E-state index contributed by atoms with van der Waals surface area (Å²) < 4.78 is 0. The third kappa shape index (κ3) is 3.21. The van der Waals surface area contributed by atoms with Crippen molar-refractivity contribution in [3.8, 4) is 5.88 Å². The van der Waals surface area contributed by atoms with Gasteiger partial charge in [-0.3, -0.25) is 4.79 Å². The Labute approximate surface area is 153 Å². The van der Waals surface area contributed by atoms with Crippen LogP contribution in [-0.4, -0.2) is 59.7 Å². The number of amides is 1. The van der Waals surface area contributed by atoms with Crippen molar-refractivity contribution in [1.29, 1.82) is 0 Å². The van der Waals surface area contributed by atoms with Gasteiger partial charge in [-0.2, -0.15) is 0 Å². The second kappa shape index (κ2) is 7.11. The highest BCUT2D eigenvalue weighted by atomic mass is 16.3. The number of benzene rings is 1. The van der Waals surface area contributed by atoms with Crippen LogP contribution in [0.2, 0.25) is 0 Å². The summed E-state index contributed by atoms with van der Waals surface area (Å²) in [4.78, 5) is 20.1. The van der Waals surface area contributed by atoms with Gasteiger partial charge < -0.3 is 20.2 Å². The first-order valence-corrected chi connectivity index (χ1v) is 9.46. The molecule has 1 unspecified atom stereocenters. The van der Waals surface area contributed by atoms with Gasteiger partial charge in [0.15, 0.2) is 0 Å². The van der Waals surface area contributed by atoms with E-state index in [1.54, 1.807) is 6.92 Å². The van der Waals surface area contributed by atoms with Gasteiger partial charge in [-0.15, -0.1) is 0 Å². The average Bonchev–Trinajstić information content (AvgIpc) is 3.10. The van der Waals surface area contributed by atoms with Crippen molar-refractivity contribution < 1.29 is 9.90 Å². The topological polar surface area (TPSA) is 68.7 Å². The minimum absolute atomic E-state index is 0.0436. The molecule has 2 aromatic rings. The molecule has 0 aliphatic carbocycles. The molecule has 0 saturated carbocycles. The Bertz CT molecular complexity index is 823. The number of hydrogen-bond acceptors (Lipinski definition) is 5. The standard InChI is InChI=1S/C20H26N4O2/c1-14(25)21-8-3-9-23-10-7-16(13-23)24-11-6-15-12-22-20(26)17-4-2-5-18(24)19(15)17/h2,4-5,12,16H,3,6-11,13H2,1H3,(H,21,25)(H,22,26). The SMILES string of the molecule is CC(=O)NCCCN1CCC(N2CCc3cnc(O)c4cccc2c34)C1. The maximum Gasteiger partial charge on any atom is 0.218 e.